The van der Waals surface area contributed by atoms with Gasteiger partial charge in [-0.15, -0.1) is 11.3 Å². The lowest BCUT2D eigenvalue weighted by atomic mass is 10.0. The number of anilines is 1. The number of rotatable bonds is 7. The molecule has 0 aliphatic carbocycles. The largest absolute Gasteiger partial charge is 0.493 e. The van der Waals surface area contributed by atoms with Crippen molar-refractivity contribution in [2.24, 2.45) is 0 Å². The van der Waals surface area contributed by atoms with Gasteiger partial charge in [0.05, 0.1) is 26.4 Å². The van der Waals surface area contributed by atoms with Crippen LogP contribution in [-0.2, 0) is 4.74 Å². The Labute approximate surface area is 189 Å². The summed E-state index contributed by atoms with van der Waals surface area (Å²) in [5.74, 6) is -9.01. The highest BCUT2D eigenvalue weighted by atomic mass is 32.1. The van der Waals surface area contributed by atoms with Crippen molar-refractivity contribution in [2.45, 2.75) is 6.92 Å². The third kappa shape index (κ3) is 4.63. The van der Waals surface area contributed by atoms with Crippen LogP contribution in [-0.4, -0.2) is 32.7 Å². The van der Waals surface area contributed by atoms with Crippen molar-refractivity contribution in [3.05, 3.63) is 64.0 Å². The lowest BCUT2D eigenvalue weighted by Gasteiger charge is -2.12. The average molecular weight is 483 g/mol. The zero-order valence-electron chi connectivity index (χ0n) is 17.6. The summed E-state index contributed by atoms with van der Waals surface area (Å²) < 4.78 is 69.9. The average Bonchev–Trinajstić information content (AvgIpc) is 3.23. The molecule has 3 aromatic rings. The van der Waals surface area contributed by atoms with Crippen molar-refractivity contribution in [1.29, 1.82) is 0 Å². The Kier molecular flexibility index (Phi) is 7.22. The summed E-state index contributed by atoms with van der Waals surface area (Å²) in [6.45, 7) is 1.61. The van der Waals surface area contributed by atoms with Gasteiger partial charge < -0.3 is 19.5 Å². The molecule has 6 nitrogen and oxygen atoms in total. The second kappa shape index (κ2) is 9.90. The number of hydrogen-bond acceptors (Lipinski definition) is 6. The molecule has 0 saturated carbocycles. The highest BCUT2D eigenvalue weighted by Gasteiger charge is 2.27. The molecule has 11 heteroatoms. The highest BCUT2D eigenvalue weighted by Crippen LogP contribution is 2.40. The lowest BCUT2D eigenvalue weighted by Crippen LogP contribution is -2.17. The van der Waals surface area contributed by atoms with Crippen molar-refractivity contribution in [3.8, 4) is 22.6 Å². The first-order valence-electron chi connectivity index (χ1n) is 9.38. The number of nitrogens with one attached hydrogen (secondary N) is 1. The number of halogens is 4. The lowest BCUT2D eigenvalue weighted by molar-refractivity contribution is 0.0529. The van der Waals surface area contributed by atoms with Crippen molar-refractivity contribution in [2.75, 3.05) is 26.1 Å². The Morgan fingerprint density at radius 1 is 0.970 bits per heavy atom. The SMILES string of the molecule is CCOC(=O)c1c(-c2ccc(OC)c(OC)c2)csc1NC(=O)c1cc(F)c(F)c(F)c1F. The second-order valence-corrected chi connectivity index (χ2v) is 7.33. The molecule has 0 bridgehead atoms. The monoisotopic (exact) mass is 483 g/mol. The van der Waals surface area contributed by atoms with E-state index in [1.54, 1.807) is 25.1 Å². The molecule has 1 heterocycles. The van der Waals surface area contributed by atoms with Gasteiger partial charge in [-0.25, -0.2) is 22.4 Å². The van der Waals surface area contributed by atoms with Crippen LogP contribution in [0.1, 0.15) is 27.6 Å². The van der Waals surface area contributed by atoms with Crippen LogP contribution in [0.4, 0.5) is 22.6 Å². The predicted molar refractivity (Wildman–Crippen MR) is 113 cm³/mol. The van der Waals surface area contributed by atoms with Gasteiger partial charge in [-0.1, -0.05) is 6.07 Å². The molecule has 0 atom stereocenters. The molecule has 33 heavy (non-hydrogen) atoms. The molecule has 0 fully saturated rings. The molecule has 0 spiro atoms. The molecule has 1 aromatic heterocycles. The van der Waals surface area contributed by atoms with E-state index in [1.165, 1.54) is 19.6 Å². The molecule has 1 amide bonds. The molecule has 1 N–H and O–H groups in total. The highest BCUT2D eigenvalue weighted by molar-refractivity contribution is 7.15. The van der Waals surface area contributed by atoms with Gasteiger partial charge in [0.15, 0.2) is 34.8 Å². The zero-order chi connectivity index (χ0) is 24.3. The predicted octanol–water partition coefficient (Wildman–Crippen LogP) is 5.42. The molecule has 2 aromatic carbocycles. The topological polar surface area (TPSA) is 73.9 Å². The molecular formula is C22H17F4NO5S. The Morgan fingerprint density at radius 2 is 1.67 bits per heavy atom. The van der Waals surface area contributed by atoms with E-state index in [-0.39, 0.29) is 23.2 Å². The van der Waals surface area contributed by atoms with Crippen LogP contribution in [0.25, 0.3) is 11.1 Å². The molecule has 0 unspecified atom stereocenters. The first-order valence-corrected chi connectivity index (χ1v) is 10.3. The maximum atomic E-state index is 14.0. The number of hydrogen-bond donors (Lipinski definition) is 1. The van der Waals surface area contributed by atoms with Gasteiger partial charge in [-0.3, -0.25) is 4.79 Å². The number of esters is 1. The van der Waals surface area contributed by atoms with E-state index in [0.29, 0.717) is 22.6 Å². The molecule has 3 rings (SSSR count). The van der Waals surface area contributed by atoms with Crippen molar-refractivity contribution < 1.29 is 41.4 Å². The third-order valence-corrected chi connectivity index (χ3v) is 5.43. The molecule has 0 radical (unpaired) electrons. The summed E-state index contributed by atoms with van der Waals surface area (Å²) in [6.07, 6.45) is 0. The van der Waals surface area contributed by atoms with E-state index in [4.69, 9.17) is 14.2 Å². The van der Waals surface area contributed by atoms with Gasteiger partial charge in [0.25, 0.3) is 5.91 Å². The Bertz CT molecular complexity index is 1230. The summed E-state index contributed by atoms with van der Waals surface area (Å²) in [7, 11) is 2.89. The molecular weight excluding hydrogens is 466 g/mol. The van der Waals surface area contributed by atoms with E-state index in [0.717, 1.165) is 11.3 Å². The summed E-state index contributed by atoms with van der Waals surface area (Å²) in [4.78, 5) is 25.2. The van der Waals surface area contributed by atoms with E-state index in [2.05, 4.69) is 5.32 Å². The zero-order valence-corrected chi connectivity index (χ0v) is 18.4. The summed E-state index contributed by atoms with van der Waals surface area (Å²) >= 11 is 0.900. The standard InChI is InChI=1S/C22H17F4NO5S/c1-4-32-22(29)16-12(10-5-6-14(30-2)15(7-10)31-3)9-33-21(16)27-20(28)11-8-13(23)18(25)19(26)17(11)24/h5-9H,4H2,1-3H3,(H,27,28). The number of benzene rings is 2. The Morgan fingerprint density at radius 3 is 2.30 bits per heavy atom. The fourth-order valence-corrected chi connectivity index (χ4v) is 3.93. The number of carbonyl (C=O) groups is 2. The minimum absolute atomic E-state index is 0.0243. The first kappa shape index (κ1) is 24.1. The summed E-state index contributed by atoms with van der Waals surface area (Å²) in [5.41, 5.74) is -0.266. The minimum Gasteiger partial charge on any atom is -0.493 e. The Balaban J connectivity index is 2.07. The van der Waals surface area contributed by atoms with E-state index < -0.39 is 40.7 Å². The van der Waals surface area contributed by atoms with Gasteiger partial charge in [0.2, 0.25) is 0 Å². The summed E-state index contributed by atoms with van der Waals surface area (Å²) in [6, 6.07) is 5.08. The van der Waals surface area contributed by atoms with Gasteiger partial charge in [0.1, 0.15) is 10.6 Å². The van der Waals surface area contributed by atoms with Crippen LogP contribution in [0.5, 0.6) is 11.5 Å². The maximum absolute atomic E-state index is 14.0. The second-order valence-electron chi connectivity index (χ2n) is 6.45. The van der Waals surface area contributed by atoms with Crippen molar-refractivity contribution in [3.63, 3.8) is 0 Å². The number of thiophene rings is 1. The Hall–Kier alpha value is -3.60. The van der Waals surface area contributed by atoms with Crippen LogP contribution in [0, 0.1) is 23.3 Å². The van der Waals surface area contributed by atoms with Crippen LogP contribution in [0.3, 0.4) is 0 Å². The maximum Gasteiger partial charge on any atom is 0.341 e. The molecule has 0 saturated heterocycles. The van der Waals surface area contributed by atoms with Crippen LogP contribution in [0.2, 0.25) is 0 Å². The molecule has 0 aliphatic rings. The fraction of sp³-hybridized carbons (Fsp3) is 0.182. The molecule has 174 valence electrons. The van der Waals surface area contributed by atoms with E-state index in [9.17, 15) is 27.2 Å². The smallest absolute Gasteiger partial charge is 0.341 e. The summed E-state index contributed by atoms with van der Waals surface area (Å²) in [5, 5.41) is 3.72. The number of ether oxygens (including phenoxy) is 3. The van der Waals surface area contributed by atoms with Gasteiger partial charge in [0, 0.05) is 10.9 Å². The number of methoxy groups -OCH3 is 2. The van der Waals surface area contributed by atoms with Gasteiger partial charge in [-0.05, 0) is 30.7 Å². The van der Waals surface area contributed by atoms with Crippen molar-refractivity contribution in [1.82, 2.24) is 0 Å². The van der Waals surface area contributed by atoms with Crippen LogP contribution in [0.15, 0.2) is 29.6 Å². The van der Waals surface area contributed by atoms with Crippen LogP contribution < -0.4 is 14.8 Å². The fourth-order valence-electron chi connectivity index (χ4n) is 2.98. The third-order valence-electron chi connectivity index (χ3n) is 4.54. The number of carbonyl (C=O) groups excluding carboxylic acids is 2. The van der Waals surface area contributed by atoms with E-state index >= 15 is 0 Å². The van der Waals surface area contributed by atoms with Gasteiger partial charge >= 0.3 is 5.97 Å². The van der Waals surface area contributed by atoms with Crippen molar-refractivity contribution >= 4 is 28.2 Å². The van der Waals surface area contributed by atoms with E-state index in [1.807, 2.05) is 0 Å². The van der Waals surface area contributed by atoms with Crippen LogP contribution >= 0.6 is 11.3 Å². The quantitative estimate of drug-likeness (QED) is 0.210. The number of amides is 1. The normalized spacial score (nSPS) is 10.6. The minimum atomic E-state index is -2.12. The first-order chi connectivity index (χ1) is 15.7. The van der Waals surface area contributed by atoms with Gasteiger partial charge in [-0.2, -0.15) is 0 Å². The molecule has 0 aliphatic heterocycles.